The van der Waals surface area contributed by atoms with Gasteiger partial charge in [0.1, 0.15) is 5.82 Å². The molecule has 0 unspecified atom stereocenters. The summed E-state index contributed by atoms with van der Waals surface area (Å²) in [5.74, 6) is -2.04. The van der Waals surface area contributed by atoms with Gasteiger partial charge in [0.05, 0.1) is 19.1 Å². The average molecular weight is 412 g/mol. The van der Waals surface area contributed by atoms with Crippen LogP contribution in [0.4, 0.5) is 17.6 Å². The molecule has 2 aromatic rings. The molecular weight excluding hydrogens is 392 g/mol. The average Bonchev–Trinajstić information content (AvgIpc) is 2.66. The van der Waals surface area contributed by atoms with Gasteiger partial charge in [-0.25, -0.2) is 4.39 Å². The number of allylic oxidation sites excluding steroid dienone is 1. The molecule has 2 aromatic carbocycles. The van der Waals surface area contributed by atoms with Gasteiger partial charge < -0.3 is 4.74 Å². The van der Waals surface area contributed by atoms with Crippen molar-refractivity contribution in [2.45, 2.75) is 29.7 Å². The van der Waals surface area contributed by atoms with Gasteiger partial charge in [0.25, 0.3) is 0 Å². The van der Waals surface area contributed by atoms with E-state index < -0.39 is 28.8 Å². The van der Waals surface area contributed by atoms with Crippen LogP contribution in [0.25, 0.3) is 0 Å². The minimum atomic E-state index is -4.77. The summed E-state index contributed by atoms with van der Waals surface area (Å²) in [5, 5.41) is -0.612. The normalized spacial score (nSPS) is 14.1. The first-order valence-electron chi connectivity index (χ1n) is 8.54. The zero-order valence-electron chi connectivity index (χ0n) is 15.4. The molecule has 0 aromatic heterocycles. The van der Waals surface area contributed by atoms with E-state index in [-0.39, 0.29) is 17.9 Å². The van der Waals surface area contributed by atoms with E-state index in [1.165, 1.54) is 31.0 Å². The van der Waals surface area contributed by atoms with Crippen LogP contribution in [0.2, 0.25) is 0 Å². The second-order valence-electron chi connectivity index (χ2n) is 6.13. The van der Waals surface area contributed by atoms with Gasteiger partial charge in [-0.3, -0.25) is 4.79 Å². The van der Waals surface area contributed by atoms with E-state index in [0.717, 1.165) is 11.0 Å². The van der Waals surface area contributed by atoms with Gasteiger partial charge >= 0.3 is 12.1 Å². The molecule has 0 spiro atoms. The predicted octanol–water partition coefficient (Wildman–Crippen LogP) is 6.43. The van der Waals surface area contributed by atoms with E-state index in [0.29, 0.717) is 0 Å². The zero-order valence-corrected chi connectivity index (χ0v) is 16.2. The van der Waals surface area contributed by atoms with Crippen LogP contribution in [0.3, 0.4) is 0 Å². The molecule has 0 N–H and O–H groups in total. The number of rotatable bonds is 7. The fraction of sp³-hybridized carbons (Fsp3) is 0.286. The molecule has 0 fully saturated rings. The van der Waals surface area contributed by atoms with Gasteiger partial charge in [0, 0.05) is 15.7 Å². The van der Waals surface area contributed by atoms with Crippen molar-refractivity contribution in [3.63, 3.8) is 0 Å². The molecule has 0 aliphatic heterocycles. The largest absolute Gasteiger partial charge is 0.469 e. The van der Waals surface area contributed by atoms with Crippen molar-refractivity contribution in [1.82, 2.24) is 0 Å². The van der Waals surface area contributed by atoms with Crippen molar-refractivity contribution in [3.8, 4) is 0 Å². The summed E-state index contributed by atoms with van der Waals surface area (Å²) in [6.45, 7) is 1.77. The Morgan fingerprint density at radius 1 is 1.14 bits per heavy atom. The molecule has 150 valence electrons. The lowest BCUT2D eigenvalue weighted by atomic mass is 9.97. The fourth-order valence-electron chi connectivity index (χ4n) is 2.65. The number of benzene rings is 2. The zero-order chi connectivity index (χ0) is 20.7. The first kappa shape index (κ1) is 22.0. The monoisotopic (exact) mass is 412 g/mol. The van der Waals surface area contributed by atoms with Crippen LogP contribution in [0, 0.1) is 11.7 Å². The Balaban J connectivity index is 2.40. The molecular formula is C21H20F4O2S. The predicted molar refractivity (Wildman–Crippen MR) is 101 cm³/mol. The van der Waals surface area contributed by atoms with Crippen molar-refractivity contribution >= 4 is 17.7 Å². The van der Waals surface area contributed by atoms with Gasteiger partial charge in [-0.1, -0.05) is 49.4 Å². The Labute approximate surface area is 165 Å². The van der Waals surface area contributed by atoms with Crippen LogP contribution < -0.4 is 0 Å². The summed E-state index contributed by atoms with van der Waals surface area (Å²) in [5.41, 5.74) is -1.31. The summed E-state index contributed by atoms with van der Waals surface area (Å²) in [7, 11) is 1.27. The molecule has 0 bridgehead atoms. The van der Waals surface area contributed by atoms with Gasteiger partial charge in [0.2, 0.25) is 0 Å². The minimum absolute atomic E-state index is 0.0288. The smallest absolute Gasteiger partial charge is 0.419 e. The Kier molecular flexibility index (Phi) is 7.69. The third-order valence-corrected chi connectivity index (χ3v) is 5.56. The van der Waals surface area contributed by atoms with Crippen molar-refractivity contribution in [1.29, 1.82) is 0 Å². The van der Waals surface area contributed by atoms with E-state index >= 15 is 0 Å². The highest BCUT2D eigenvalue weighted by atomic mass is 32.2. The van der Waals surface area contributed by atoms with E-state index in [1.54, 1.807) is 31.2 Å². The van der Waals surface area contributed by atoms with Crippen molar-refractivity contribution < 1.29 is 27.1 Å². The number of halogens is 4. The number of hydrogen-bond acceptors (Lipinski definition) is 3. The number of ether oxygens (including phenoxy) is 1. The Hall–Kier alpha value is -2.28. The maximum absolute atomic E-state index is 14.8. The van der Waals surface area contributed by atoms with Crippen LogP contribution in [-0.2, 0) is 15.7 Å². The maximum atomic E-state index is 14.8. The highest BCUT2D eigenvalue weighted by molar-refractivity contribution is 7.99. The molecule has 7 heteroatoms. The molecule has 2 atom stereocenters. The molecule has 0 aliphatic carbocycles. The third-order valence-electron chi connectivity index (χ3n) is 4.08. The number of methoxy groups -OCH3 is 1. The lowest BCUT2D eigenvalue weighted by molar-refractivity contribution is -0.140. The molecule has 0 saturated carbocycles. The highest BCUT2D eigenvalue weighted by Gasteiger charge is 2.36. The lowest BCUT2D eigenvalue weighted by Gasteiger charge is -2.23. The Morgan fingerprint density at radius 2 is 1.82 bits per heavy atom. The Bertz CT molecular complexity index is 819. The van der Waals surface area contributed by atoms with Crippen molar-refractivity contribution in [2.24, 2.45) is 5.92 Å². The summed E-state index contributed by atoms with van der Waals surface area (Å²) >= 11 is 1.27. The van der Waals surface area contributed by atoms with E-state index in [4.69, 9.17) is 0 Å². The Morgan fingerprint density at radius 3 is 2.43 bits per heavy atom. The molecule has 2 rings (SSSR count). The molecule has 2 nitrogen and oxygen atoms in total. The van der Waals surface area contributed by atoms with Gasteiger partial charge in [-0.15, -0.1) is 11.8 Å². The molecule has 0 saturated heterocycles. The van der Waals surface area contributed by atoms with Crippen LogP contribution in [0.15, 0.2) is 65.6 Å². The highest BCUT2D eigenvalue weighted by Crippen LogP contribution is 2.44. The SMILES string of the molecule is COC(=O)C/C=C/[C@H](C)[C@@H](Sc1ccccc1)c1cccc(C(F)(F)F)c1F. The van der Waals surface area contributed by atoms with Crippen LogP contribution in [0.5, 0.6) is 0 Å². The minimum Gasteiger partial charge on any atom is -0.469 e. The van der Waals surface area contributed by atoms with Crippen LogP contribution in [0.1, 0.15) is 29.7 Å². The van der Waals surface area contributed by atoms with Gasteiger partial charge in [-0.05, 0) is 24.1 Å². The van der Waals surface area contributed by atoms with E-state index in [9.17, 15) is 22.4 Å². The summed E-state index contributed by atoms with van der Waals surface area (Å²) in [6, 6.07) is 12.4. The number of thioether (sulfide) groups is 1. The molecule has 0 heterocycles. The first-order valence-corrected chi connectivity index (χ1v) is 9.42. The number of carbonyl (C=O) groups is 1. The maximum Gasteiger partial charge on any atom is 0.419 e. The lowest BCUT2D eigenvalue weighted by Crippen LogP contribution is -2.13. The third kappa shape index (κ3) is 5.86. The number of carbonyl (C=O) groups excluding carboxylic acids is 1. The second kappa shape index (κ2) is 9.78. The first-order chi connectivity index (χ1) is 13.2. The van der Waals surface area contributed by atoms with E-state index in [2.05, 4.69) is 4.74 Å². The van der Waals surface area contributed by atoms with Crippen molar-refractivity contribution in [3.05, 3.63) is 77.6 Å². The quantitative estimate of drug-likeness (QED) is 0.227. The van der Waals surface area contributed by atoms with Crippen molar-refractivity contribution in [2.75, 3.05) is 7.11 Å². The number of alkyl halides is 3. The molecule has 28 heavy (non-hydrogen) atoms. The number of esters is 1. The topological polar surface area (TPSA) is 26.3 Å². The summed E-state index contributed by atoms with van der Waals surface area (Å²) in [4.78, 5) is 12.1. The molecule has 0 radical (unpaired) electrons. The molecule has 0 amide bonds. The second-order valence-corrected chi connectivity index (χ2v) is 7.34. The summed E-state index contributed by atoms with van der Waals surface area (Å²) < 4.78 is 58.7. The standard InChI is InChI=1S/C21H20F4O2S/c1-14(8-6-13-18(26)27-2)20(28-15-9-4-3-5-10-15)16-11-7-12-17(19(16)22)21(23,24)25/h3-12,14,20H,13H2,1-2H3/b8-6+/t14-,20+/m0/s1. The van der Waals surface area contributed by atoms with Gasteiger partial charge in [-0.2, -0.15) is 13.2 Å². The fourth-order valence-corrected chi connectivity index (χ4v) is 3.87. The summed E-state index contributed by atoms with van der Waals surface area (Å²) in [6.07, 6.45) is -1.46. The van der Waals surface area contributed by atoms with Crippen LogP contribution in [-0.4, -0.2) is 13.1 Å². The number of hydrogen-bond donors (Lipinski definition) is 0. The van der Waals surface area contributed by atoms with E-state index in [1.807, 2.05) is 18.2 Å². The van der Waals surface area contributed by atoms with Crippen LogP contribution >= 0.6 is 11.8 Å². The van der Waals surface area contributed by atoms with Gasteiger partial charge in [0.15, 0.2) is 0 Å². The molecule has 0 aliphatic rings.